The van der Waals surface area contributed by atoms with Gasteiger partial charge in [-0.2, -0.15) is 4.68 Å². The van der Waals surface area contributed by atoms with Gasteiger partial charge < -0.3 is 0 Å². The van der Waals surface area contributed by atoms with E-state index in [0.29, 0.717) is 26.8 Å². The van der Waals surface area contributed by atoms with E-state index in [0.717, 1.165) is 28.1 Å². The number of thioether (sulfide) groups is 1. The third-order valence-corrected chi connectivity index (χ3v) is 7.38. The molecule has 0 saturated heterocycles. The predicted octanol–water partition coefficient (Wildman–Crippen LogP) is 5.98. The lowest BCUT2D eigenvalue weighted by Crippen LogP contribution is -2.24. The SMILES string of the molecule is CC(=O)N(c1nc(CSc2nnnn2-c2cccc(C)c2C)cs1)c1c(C)cc(C)cc1Cl. The molecule has 0 unspecified atom stereocenters. The topological polar surface area (TPSA) is 76.8 Å². The molecule has 1 amide bonds. The molecule has 0 saturated carbocycles. The van der Waals surface area contributed by atoms with E-state index in [4.69, 9.17) is 16.6 Å². The summed E-state index contributed by atoms with van der Waals surface area (Å²) in [4.78, 5) is 18.8. The van der Waals surface area contributed by atoms with Crippen LogP contribution >= 0.6 is 34.7 Å². The maximum atomic E-state index is 12.5. The van der Waals surface area contributed by atoms with Gasteiger partial charge in [0.2, 0.25) is 11.1 Å². The molecule has 2 aromatic heterocycles. The van der Waals surface area contributed by atoms with Crippen LogP contribution in [0.4, 0.5) is 10.8 Å². The first kappa shape index (κ1) is 23.4. The Bertz CT molecular complexity index is 1310. The molecule has 0 bridgehead atoms. The smallest absolute Gasteiger partial charge is 0.230 e. The highest BCUT2D eigenvalue weighted by molar-refractivity contribution is 7.98. The Balaban J connectivity index is 1.58. The quantitative estimate of drug-likeness (QED) is 0.304. The van der Waals surface area contributed by atoms with Gasteiger partial charge in [0.05, 0.1) is 22.1 Å². The van der Waals surface area contributed by atoms with Crippen molar-refractivity contribution in [1.82, 2.24) is 25.2 Å². The fourth-order valence-electron chi connectivity index (χ4n) is 3.57. The third kappa shape index (κ3) is 4.80. The zero-order valence-corrected chi connectivity index (χ0v) is 21.3. The molecule has 4 aromatic rings. The normalized spacial score (nSPS) is 11.1. The zero-order valence-electron chi connectivity index (χ0n) is 19.0. The number of amides is 1. The minimum absolute atomic E-state index is 0.142. The van der Waals surface area contributed by atoms with Gasteiger partial charge in [-0.15, -0.1) is 16.4 Å². The molecule has 0 aliphatic carbocycles. The second-order valence-electron chi connectivity index (χ2n) is 7.77. The van der Waals surface area contributed by atoms with Gasteiger partial charge >= 0.3 is 0 Å². The van der Waals surface area contributed by atoms with Gasteiger partial charge in [0.25, 0.3) is 0 Å². The fraction of sp³-hybridized carbons (Fsp3) is 0.261. The molecule has 2 aromatic carbocycles. The van der Waals surface area contributed by atoms with Crippen molar-refractivity contribution in [3.8, 4) is 5.69 Å². The van der Waals surface area contributed by atoms with Crippen LogP contribution in [0.5, 0.6) is 0 Å². The molecule has 2 heterocycles. The molecular formula is C23H23ClN6OS2. The highest BCUT2D eigenvalue weighted by atomic mass is 35.5. The molecule has 0 N–H and O–H groups in total. The molecular weight excluding hydrogens is 476 g/mol. The van der Waals surface area contributed by atoms with Crippen molar-refractivity contribution in [2.24, 2.45) is 0 Å². The Morgan fingerprint density at radius 1 is 1.18 bits per heavy atom. The van der Waals surface area contributed by atoms with Crippen LogP contribution in [0.2, 0.25) is 5.02 Å². The summed E-state index contributed by atoms with van der Waals surface area (Å²) in [5.41, 5.74) is 6.73. The Kier molecular flexibility index (Phi) is 6.83. The minimum Gasteiger partial charge on any atom is -0.274 e. The lowest BCUT2D eigenvalue weighted by molar-refractivity contribution is -0.115. The first-order valence-electron chi connectivity index (χ1n) is 10.3. The number of nitrogens with zero attached hydrogens (tertiary/aromatic N) is 6. The fourth-order valence-corrected chi connectivity index (χ4v) is 5.73. The molecule has 4 rings (SSSR count). The van der Waals surface area contributed by atoms with Crippen LogP contribution < -0.4 is 4.90 Å². The summed E-state index contributed by atoms with van der Waals surface area (Å²) in [5, 5.41) is 16.0. The van der Waals surface area contributed by atoms with Gasteiger partial charge in [-0.1, -0.05) is 41.6 Å². The van der Waals surface area contributed by atoms with Crippen molar-refractivity contribution < 1.29 is 4.79 Å². The molecule has 7 nitrogen and oxygen atoms in total. The van der Waals surface area contributed by atoms with Gasteiger partial charge in [-0.3, -0.25) is 9.69 Å². The molecule has 0 radical (unpaired) electrons. The van der Waals surface area contributed by atoms with E-state index < -0.39 is 0 Å². The lowest BCUT2D eigenvalue weighted by atomic mass is 10.1. The van der Waals surface area contributed by atoms with Crippen LogP contribution in [-0.4, -0.2) is 31.1 Å². The number of aryl methyl sites for hydroxylation is 3. The average molecular weight is 499 g/mol. The third-order valence-electron chi connectivity index (χ3n) is 5.26. The van der Waals surface area contributed by atoms with E-state index in [1.165, 1.54) is 35.6 Å². The van der Waals surface area contributed by atoms with E-state index in [2.05, 4.69) is 35.4 Å². The first-order valence-corrected chi connectivity index (χ1v) is 12.5. The van der Waals surface area contributed by atoms with Gasteiger partial charge in [0.15, 0.2) is 5.13 Å². The average Bonchev–Trinajstić information content (AvgIpc) is 3.40. The molecule has 10 heteroatoms. The van der Waals surface area contributed by atoms with Crippen LogP contribution in [0.25, 0.3) is 5.69 Å². The minimum atomic E-state index is -0.142. The molecule has 0 aliphatic heterocycles. The van der Waals surface area contributed by atoms with E-state index >= 15 is 0 Å². The molecule has 0 spiro atoms. The van der Waals surface area contributed by atoms with E-state index in [1.807, 2.05) is 43.5 Å². The van der Waals surface area contributed by atoms with Gasteiger partial charge in [-0.05, 0) is 72.5 Å². The highest BCUT2D eigenvalue weighted by Crippen LogP contribution is 2.38. The Labute approximate surface area is 205 Å². The van der Waals surface area contributed by atoms with Crippen molar-refractivity contribution in [3.63, 3.8) is 0 Å². The summed E-state index contributed by atoms with van der Waals surface area (Å²) in [6.07, 6.45) is 0. The van der Waals surface area contributed by atoms with Crippen molar-refractivity contribution in [2.75, 3.05) is 4.90 Å². The van der Waals surface area contributed by atoms with Gasteiger partial charge in [0, 0.05) is 18.1 Å². The van der Waals surface area contributed by atoms with Gasteiger partial charge in [0.1, 0.15) is 0 Å². The van der Waals surface area contributed by atoms with E-state index in [-0.39, 0.29) is 5.91 Å². The Morgan fingerprint density at radius 3 is 2.70 bits per heavy atom. The molecule has 0 aliphatic rings. The van der Waals surface area contributed by atoms with Crippen LogP contribution in [-0.2, 0) is 10.5 Å². The summed E-state index contributed by atoms with van der Waals surface area (Å²) < 4.78 is 1.75. The molecule has 170 valence electrons. The number of aromatic nitrogens is 5. The second-order valence-corrected chi connectivity index (χ2v) is 9.96. The number of thiazole rings is 1. The van der Waals surface area contributed by atoms with Crippen molar-refractivity contribution >= 4 is 51.4 Å². The first-order chi connectivity index (χ1) is 15.8. The number of anilines is 2. The van der Waals surface area contributed by atoms with Crippen LogP contribution in [0.1, 0.15) is 34.9 Å². The summed E-state index contributed by atoms with van der Waals surface area (Å²) in [6.45, 7) is 9.56. The second kappa shape index (κ2) is 9.62. The lowest BCUT2D eigenvalue weighted by Gasteiger charge is -2.22. The number of halogens is 1. The van der Waals surface area contributed by atoms with Crippen molar-refractivity contribution in [2.45, 2.75) is 45.5 Å². The molecule has 33 heavy (non-hydrogen) atoms. The largest absolute Gasteiger partial charge is 0.274 e. The summed E-state index contributed by atoms with van der Waals surface area (Å²) in [7, 11) is 0. The number of carbonyl (C=O) groups excluding carboxylic acids is 1. The van der Waals surface area contributed by atoms with Crippen molar-refractivity contribution in [3.05, 3.63) is 68.7 Å². The predicted molar refractivity (Wildman–Crippen MR) is 134 cm³/mol. The Hall–Kier alpha value is -2.75. The maximum absolute atomic E-state index is 12.5. The standard InChI is InChI=1S/C23H23ClN6OS2/c1-13-9-15(3)21(19(24)10-13)29(17(5)31)22-25-18(11-32-22)12-33-23-26-27-28-30(23)20-8-6-7-14(2)16(20)4/h6-11H,12H2,1-5H3. The van der Waals surface area contributed by atoms with Crippen molar-refractivity contribution in [1.29, 1.82) is 0 Å². The van der Waals surface area contributed by atoms with Gasteiger partial charge in [-0.25, -0.2) is 4.98 Å². The van der Waals surface area contributed by atoms with Crippen LogP contribution in [0.15, 0.2) is 40.9 Å². The number of rotatable bonds is 6. The summed E-state index contributed by atoms with van der Waals surface area (Å²) in [5.74, 6) is 0.421. The monoisotopic (exact) mass is 498 g/mol. The number of benzene rings is 2. The maximum Gasteiger partial charge on any atom is 0.230 e. The zero-order chi connectivity index (χ0) is 23.7. The highest BCUT2D eigenvalue weighted by Gasteiger charge is 2.23. The summed E-state index contributed by atoms with van der Waals surface area (Å²) in [6, 6.07) is 9.93. The Morgan fingerprint density at radius 2 is 1.97 bits per heavy atom. The van der Waals surface area contributed by atoms with Crippen LogP contribution in [0, 0.1) is 27.7 Å². The van der Waals surface area contributed by atoms with Crippen LogP contribution in [0.3, 0.4) is 0 Å². The summed E-state index contributed by atoms with van der Waals surface area (Å²) >= 11 is 9.42. The number of carbonyl (C=O) groups is 1. The molecule has 0 fully saturated rings. The number of tetrazole rings is 1. The van der Waals surface area contributed by atoms with E-state index in [9.17, 15) is 4.79 Å². The number of hydrogen-bond donors (Lipinski definition) is 0. The molecule has 0 atom stereocenters. The van der Waals surface area contributed by atoms with E-state index in [1.54, 1.807) is 9.58 Å². The number of hydrogen-bond acceptors (Lipinski definition) is 7.